The Labute approximate surface area is 154 Å². The molecule has 0 bridgehead atoms. The quantitative estimate of drug-likeness (QED) is 0.639. The van der Waals surface area contributed by atoms with Gasteiger partial charge >= 0.3 is 0 Å². The third kappa shape index (κ3) is 8.26. The molecule has 0 aliphatic heterocycles. The van der Waals surface area contributed by atoms with Crippen molar-refractivity contribution in [3.05, 3.63) is 48.0 Å². The Hall–Kier alpha value is -1.67. The average molecular weight is 376 g/mol. The van der Waals surface area contributed by atoms with Gasteiger partial charge in [0.2, 0.25) is 5.91 Å². The summed E-state index contributed by atoms with van der Waals surface area (Å²) in [5.41, 5.74) is 2.20. The number of aromatic nitrogens is 3. The van der Waals surface area contributed by atoms with Gasteiger partial charge in [-0.1, -0.05) is 24.3 Å². The molecule has 1 heterocycles. The maximum Gasteiger partial charge on any atom is 0.234 e. The van der Waals surface area contributed by atoms with Crippen molar-refractivity contribution in [2.75, 3.05) is 26.8 Å². The molecule has 7 nitrogen and oxygen atoms in total. The normalized spacial score (nSPS) is 9.71. The zero-order valence-corrected chi connectivity index (χ0v) is 15.1. The van der Waals surface area contributed by atoms with Crippen molar-refractivity contribution in [2.24, 2.45) is 0 Å². The summed E-state index contributed by atoms with van der Waals surface area (Å²) in [6.45, 7) is 2.78. The molecule has 0 aliphatic carbocycles. The number of nitrogens with zero attached hydrogens (tertiary/aromatic N) is 3. The topological polar surface area (TPSA) is 81.1 Å². The number of carbonyl (C=O) groups excluding carboxylic acids is 1. The molecule has 0 saturated heterocycles. The number of ether oxygens (including phenoxy) is 1. The summed E-state index contributed by atoms with van der Waals surface area (Å²) in [5, 5.41) is 9.94. The number of carbonyl (C=O) groups is 1. The van der Waals surface area contributed by atoms with Crippen LogP contribution >= 0.6 is 24.8 Å². The molecular formula is C15H23Cl2N5O2. The van der Waals surface area contributed by atoms with Crippen LogP contribution in [0.5, 0.6) is 0 Å². The minimum absolute atomic E-state index is 0. The van der Waals surface area contributed by atoms with E-state index in [0.717, 1.165) is 11.1 Å². The SMILES string of the molecule is COCCNCC(=O)NCc1ccc(Cn2cncn2)cc1.Cl.Cl. The van der Waals surface area contributed by atoms with Gasteiger partial charge in [0.15, 0.2) is 0 Å². The van der Waals surface area contributed by atoms with Gasteiger partial charge in [0.1, 0.15) is 12.7 Å². The highest BCUT2D eigenvalue weighted by atomic mass is 35.5. The summed E-state index contributed by atoms with van der Waals surface area (Å²) in [4.78, 5) is 15.5. The third-order valence-electron chi connectivity index (χ3n) is 3.09. The molecule has 2 rings (SSSR count). The van der Waals surface area contributed by atoms with E-state index in [1.807, 2.05) is 24.3 Å². The monoisotopic (exact) mass is 375 g/mol. The fourth-order valence-electron chi connectivity index (χ4n) is 1.90. The molecule has 1 aromatic heterocycles. The van der Waals surface area contributed by atoms with Crippen LogP contribution in [0.1, 0.15) is 11.1 Å². The molecular weight excluding hydrogens is 353 g/mol. The van der Waals surface area contributed by atoms with E-state index in [0.29, 0.717) is 32.8 Å². The molecule has 134 valence electrons. The number of rotatable bonds is 9. The smallest absolute Gasteiger partial charge is 0.234 e. The standard InChI is InChI=1S/C15H21N5O2.2ClH/c1-22-7-6-16-9-15(21)18-8-13-2-4-14(5-3-13)10-20-12-17-11-19-20;;/h2-5,11-12,16H,6-10H2,1H3,(H,18,21);2*1H. The molecule has 9 heteroatoms. The van der Waals surface area contributed by atoms with Crippen LogP contribution in [0.15, 0.2) is 36.9 Å². The number of methoxy groups -OCH3 is 1. The number of benzene rings is 1. The Morgan fingerprint density at radius 2 is 1.92 bits per heavy atom. The minimum atomic E-state index is -0.0252. The number of nitrogens with one attached hydrogen (secondary N) is 2. The fourth-order valence-corrected chi connectivity index (χ4v) is 1.90. The van der Waals surface area contributed by atoms with Crippen LogP contribution in [0.3, 0.4) is 0 Å². The Morgan fingerprint density at radius 3 is 2.54 bits per heavy atom. The largest absolute Gasteiger partial charge is 0.383 e. The van der Waals surface area contributed by atoms with Gasteiger partial charge < -0.3 is 15.4 Å². The molecule has 1 amide bonds. The summed E-state index contributed by atoms with van der Waals surface area (Å²) in [6.07, 6.45) is 3.20. The van der Waals surface area contributed by atoms with Crippen LogP contribution in [0.4, 0.5) is 0 Å². The zero-order chi connectivity index (χ0) is 15.6. The van der Waals surface area contributed by atoms with Gasteiger partial charge in [0.25, 0.3) is 0 Å². The average Bonchev–Trinajstić information content (AvgIpc) is 3.04. The fraction of sp³-hybridized carbons (Fsp3) is 0.400. The Balaban J connectivity index is 0.00000264. The number of halogens is 2. The second-order valence-corrected chi connectivity index (χ2v) is 4.86. The highest BCUT2D eigenvalue weighted by Crippen LogP contribution is 2.05. The van der Waals surface area contributed by atoms with Gasteiger partial charge in [0.05, 0.1) is 19.7 Å². The van der Waals surface area contributed by atoms with E-state index in [4.69, 9.17) is 4.74 Å². The Morgan fingerprint density at radius 1 is 1.21 bits per heavy atom. The van der Waals surface area contributed by atoms with Crippen molar-refractivity contribution in [2.45, 2.75) is 13.1 Å². The van der Waals surface area contributed by atoms with Gasteiger partial charge in [-0.15, -0.1) is 24.8 Å². The number of amides is 1. The summed E-state index contributed by atoms with van der Waals surface area (Å²) >= 11 is 0. The van der Waals surface area contributed by atoms with E-state index < -0.39 is 0 Å². The van der Waals surface area contributed by atoms with Crippen molar-refractivity contribution >= 4 is 30.7 Å². The minimum Gasteiger partial charge on any atom is -0.383 e. The predicted molar refractivity (Wildman–Crippen MR) is 96.7 cm³/mol. The highest BCUT2D eigenvalue weighted by Gasteiger charge is 2.01. The molecule has 0 fully saturated rings. The van der Waals surface area contributed by atoms with Crippen LogP contribution < -0.4 is 10.6 Å². The first-order chi connectivity index (χ1) is 10.8. The van der Waals surface area contributed by atoms with Gasteiger partial charge in [-0.25, -0.2) is 9.67 Å². The molecule has 1 aromatic carbocycles. The highest BCUT2D eigenvalue weighted by molar-refractivity contribution is 5.85. The van der Waals surface area contributed by atoms with E-state index in [1.165, 1.54) is 6.33 Å². The predicted octanol–water partition coefficient (Wildman–Crippen LogP) is 1.02. The maximum absolute atomic E-state index is 11.6. The maximum atomic E-state index is 11.6. The van der Waals surface area contributed by atoms with Gasteiger partial charge in [-0.2, -0.15) is 5.10 Å². The van der Waals surface area contributed by atoms with Gasteiger partial charge in [-0.3, -0.25) is 4.79 Å². The molecule has 24 heavy (non-hydrogen) atoms. The van der Waals surface area contributed by atoms with Crippen LogP contribution in [-0.4, -0.2) is 47.5 Å². The first-order valence-electron chi connectivity index (χ1n) is 7.14. The molecule has 0 atom stereocenters. The second-order valence-electron chi connectivity index (χ2n) is 4.86. The molecule has 0 unspecified atom stereocenters. The van der Waals surface area contributed by atoms with E-state index in [2.05, 4.69) is 20.7 Å². The van der Waals surface area contributed by atoms with Crippen molar-refractivity contribution in [1.29, 1.82) is 0 Å². The van der Waals surface area contributed by atoms with E-state index in [-0.39, 0.29) is 30.7 Å². The first-order valence-corrected chi connectivity index (χ1v) is 7.14. The lowest BCUT2D eigenvalue weighted by molar-refractivity contribution is -0.120. The van der Waals surface area contributed by atoms with Crippen LogP contribution in [0.25, 0.3) is 0 Å². The Bertz CT molecular complexity index is 564. The molecule has 0 saturated carbocycles. The van der Waals surface area contributed by atoms with Crippen LogP contribution in [-0.2, 0) is 22.6 Å². The molecule has 0 spiro atoms. The van der Waals surface area contributed by atoms with E-state index >= 15 is 0 Å². The zero-order valence-electron chi connectivity index (χ0n) is 13.5. The first kappa shape index (κ1) is 22.3. The summed E-state index contributed by atoms with van der Waals surface area (Å²) in [5.74, 6) is -0.0252. The van der Waals surface area contributed by atoms with Crippen molar-refractivity contribution < 1.29 is 9.53 Å². The van der Waals surface area contributed by atoms with Crippen LogP contribution in [0.2, 0.25) is 0 Å². The molecule has 2 aromatic rings. The van der Waals surface area contributed by atoms with Crippen molar-refractivity contribution in [3.63, 3.8) is 0 Å². The van der Waals surface area contributed by atoms with Gasteiger partial charge in [0, 0.05) is 20.2 Å². The number of hydrogen-bond acceptors (Lipinski definition) is 5. The second kappa shape index (κ2) is 12.7. The van der Waals surface area contributed by atoms with Crippen LogP contribution in [0, 0.1) is 0 Å². The lowest BCUT2D eigenvalue weighted by atomic mass is 10.1. The van der Waals surface area contributed by atoms with E-state index in [1.54, 1.807) is 18.1 Å². The summed E-state index contributed by atoms with van der Waals surface area (Å²) in [7, 11) is 1.63. The van der Waals surface area contributed by atoms with Crippen molar-refractivity contribution in [3.8, 4) is 0 Å². The summed E-state index contributed by atoms with van der Waals surface area (Å²) in [6, 6.07) is 8.07. The summed E-state index contributed by atoms with van der Waals surface area (Å²) < 4.78 is 6.66. The molecule has 0 radical (unpaired) electrons. The lowest BCUT2D eigenvalue weighted by Crippen LogP contribution is -2.34. The van der Waals surface area contributed by atoms with Gasteiger partial charge in [-0.05, 0) is 11.1 Å². The molecule has 0 aliphatic rings. The lowest BCUT2D eigenvalue weighted by Gasteiger charge is -2.07. The number of hydrogen-bond donors (Lipinski definition) is 2. The van der Waals surface area contributed by atoms with Crippen molar-refractivity contribution in [1.82, 2.24) is 25.4 Å². The third-order valence-corrected chi connectivity index (χ3v) is 3.09. The Kier molecular flexibility index (Phi) is 11.8. The molecule has 2 N–H and O–H groups in total. The van der Waals surface area contributed by atoms with E-state index in [9.17, 15) is 4.79 Å².